The molecule has 1 saturated heterocycles. The number of hydrogen-bond acceptors (Lipinski definition) is 6. The number of halogens is 3. The summed E-state index contributed by atoms with van der Waals surface area (Å²) in [6.07, 6.45) is -4.41. The third kappa shape index (κ3) is 3.34. The monoisotopic (exact) mass is 382 g/mol. The zero-order valence-electron chi connectivity index (χ0n) is 13.3. The predicted octanol–water partition coefficient (Wildman–Crippen LogP) is 2.43. The average Bonchev–Trinajstić information content (AvgIpc) is 3.26. The van der Waals surface area contributed by atoms with Crippen molar-refractivity contribution in [2.24, 2.45) is 0 Å². The molecule has 4 rings (SSSR count). The van der Waals surface area contributed by atoms with E-state index in [2.05, 4.69) is 20.6 Å². The first-order chi connectivity index (χ1) is 12.4. The molecular formula is C15H13F3N6OS. The molecule has 0 spiro atoms. The van der Waals surface area contributed by atoms with Crippen molar-refractivity contribution < 1.29 is 18.0 Å². The molecule has 136 valence electrons. The summed E-state index contributed by atoms with van der Waals surface area (Å²) >= 11 is 1.52. The molecule has 1 N–H and O–H groups in total. The predicted molar refractivity (Wildman–Crippen MR) is 88.8 cm³/mol. The van der Waals surface area contributed by atoms with Crippen LogP contribution in [-0.2, 0) is 4.79 Å². The number of hydrogen-bond donors (Lipinski definition) is 1. The number of anilines is 1. The van der Waals surface area contributed by atoms with Gasteiger partial charge in [-0.1, -0.05) is 0 Å². The molecule has 1 aliphatic rings. The average molecular weight is 382 g/mol. The molecule has 0 saturated carbocycles. The van der Waals surface area contributed by atoms with Gasteiger partial charge >= 0.3 is 6.18 Å². The fourth-order valence-electron chi connectivity index (χ4n) is 2.88. The van der Waals surface area contributed by atoms with Gasteiger partial charge in [0.2, 0.25) is 5.91 Å². The van der Waals surface area contributed by atoms with Gasteiger partial charge in [0.15, 0.2) is 11.5 Å². The fraction of sp³-hybridized carbons (Fsp3) is 0.333. The summed E-state index contributed by atoms with van der Waals surface area (Å²) in [6.45, 7) is -1.25. The number of alkyl halides is 3. The number of carbonyl (C=O) groups excluding carboxylic acids is 1. The number of likely N-dealkylation sites (tertiary alicyclic amines) is 1. The number of nitrogens with zero attached hydrogens (tertiary/aromatic N) is 5. The van der Waals surface area contributed by atoms with E-state index in [4.69, 9.17) is 0 Å². The number of rotatable bonds is 4. The van der Waals surface area contributed by atoms with Crippen LogP contribution in [0.2, 0.25) is 0 Å². The normalized spacial score (nSPS) is 18.0. The Morgan fingerprint density at radius 2 is 2.12 bits per heavy atom. The van der Waals surface area contributed by atoms with Crippen LogP contribution in [0.15, 0.2) is 29.0 Å². The van der Waals surface area contributed by atoms with Gasteiger partial charge < -0.3 is 10.2 Å². The van der Waals surface area contributed by atoms with Gasteiger partial charge in [-0.2, -0.15) is 29.0 Å². The summed E-state index contributed by atoms with van der Waals surface area (Å²) in [7, 11) is 0. The quantitative estimate of drug-likeness (QED) is 0.750. The third-order valence-electron chi connectivity index (χ3n) is 3.98. The second-order valence-electron chi connectivity index (χ2n) is 5.96. The molecule has 26 heavy (non-hydrogen) atoms. The standard InChI is InChI=1S/C15H13F3N6OS/c16-15(17,18)8-23-6-10(5-13(23)25)19-11-1-2-12-20-21-14(24(12)22-11)9-3-4-26-7-9/h1-4,7,10H,5-6,8H2,(H,19,22). The van der Waals surface area contributed by atoms with E-state index >= 15 is 0 Å². The van der Waals surface area contributed by atoms with Gasteiger partial charge in [0.1, 0.15) is 12.4 Å². The summed E-state index contributed by atoms with van der Waals surface area (Å²) in [5.74, 6) is 0.496. The molecule has 0 aliphatic carbocycles. The molecule has 1 fully saturated rings. The second kappa shape index (κ2) is 6.24. The van der Waals surface area contributed by atoms with Crippen molar-refractivity contribution >= 4 is 28.7 Å². The zero-order chi connectivity index (χ0) is 18.3. The molecule has 7 nitrogen and oxygen atoms in total. The van der Waals surface area contributed by atoms with Gasteiger partial charge in [-0.15, -0.1) is 15.3 Å². The highest BCUT2D eigenvalue weighted by molar-refractivity contribution is 7.08. The van der Waals surface area contributed by atoms with Crippen LogP contribution < -0.4 is 5.32 Å². The largest absolute Gasteiger partial charge is 0.406 e. The highest BCUT2D eigenvalue weighted by Gasteiger charge is 2.38. The lowest BCUT2D eigenvalue weighted by Gasteiger charge is -2.18. The van der Waals surface area contributed by atoms with Gasteiger partial charge in [-0.05, 0) is 23.6 Å². The molecule has 0 aromatic carbocycles. The van der Waals surface area contributed by atoms with Gasteiger partial charge in [-0.3, -0.25) is 4.79 Å². The first-order valence-corrected chi connectivity index (χ1v) is 8.69. The van der Waals surface area contributed by atoms with Crippen LogP contribution >= 0.6 is 11.3 Å². The molecule has 3 aromatic heterocycles. The minimum Gasteiger partial charge on any atom is -0.364 e. The van der Waals surface area contributed by atoms with Crippen molar-refractivity contribution in [3.05, 3.63) is 29.0 Å². The lowest BCUT2D eigenvalue weighted by molar-refractivity contribution is -0.157. The minimum absolute atomic E-state index is 0.00460. The van der Waals surface area contributed by atoms with Crippen LogP contribution in [0.4, 0.5) is 19.0 Å². The summed E-state index contributed by atoms with van der Waals surface area (Å²) in [5, 5.41) is 19.4. The van der Waals surface area contributed by atoms with Crippen molar-refractivity contribution in [3.8, 4) is 11.4 Å². The van der Waals surface area contributed by atoms with E-state index in [1.807, 2.05) is 16.8 Å². The Balaban J connectivity index is 1.53. The first kappa shape index (κ1) is 16.8. The number of carbonyl (C=O) groups is 1. The minimum atomic E-state index is -4.40. The van der Waals surface area contributed by atoms with Crippen molar-refractivity contribution in [1.82, 2.24) is 24.7 Å². The Hall–Kier alpha value is -2.69. The molecule has 0 bridgehead atoms. The molecule has 1 aliphatic heterocycles. The van der Waals surface area contributed by atoms with E-state index in [0.29, 0.717) is 17.3 Å². The van der Waals surface area contributed by atoms with Crippen molar-refractivity contribution in [2.45, 2.75) is 18.6 Å². The third-order valence-corrected chi connectivity index (χ3v) is 4.66. The van der Waals surface area contributed by atoms with Crippen molar-refractivity contribution in [2.75, 3.05) is 18.4 Å². The second-order valence-corrected chi connectivity index (χ2v) is 6.74. The molecule has 1 amide bonds. The SMILES string of the molecule is O=C1CC(Nc2ccc3nnc(-c4ccsc4)n3n2)CN1CC(F)(F)F. The maximum absolute atomic E-state index is 12.5. The Labute approximate surface area is 149 Å². The van der Waals surface area contributed by atoms with Crippen LogP contribution in [0.3, 0.4) is 0 Å². The topological polar surface area (TPSA) is 75.4 Å². The summed E-state index contributed by atoms with van der Waals surface area (Å²) < 4.78 is 39.1. The first-order valence-electron chi connectivity index (χ1n) is 7.75. The Morgan fingerprint density at radius 3 is 2.85 bits per heavy atom. The van der Waals surface area contributed by atoms with Crippen LogP contribution in [-0.4, -0.2) is 55.9 Å². The fourth-order valence-corrected chi connectivity index (χ4v) is 3.52. The molecule has 3 aromatic rings. The molecule has 11 heteroatoms. The number of thiophene rings is 1. The van der Waals surface area contributed by atoms with Crippen LogP contribution in [0.25, 0.3) is 17.0 Å². The number of nitrogens with one attached hydrogen (secondary N) is 1. The highest BCUT2D eigenvalue weighted by atomic mass is 32.1. The maximum atomic E-state index is 12.5. The number of amides is 1. The van der Waals surface area contributed by atoms with E-state index in [1.54, 1.807) is 16.6 Å². The van der Waals surface area contributed by atoms with E-state index in [1.165, 1.54) is 11.3 Å². The Bertz CT molecular complexity index is 939. The van der Waals surface area contributed by atoms with Crippen LogP contribution in [0.1, 0.15) is 6.42 Å². The zero-order valence-corrected chi connectivity index (χ0v) is 14.1. The summed E-state index contributed by atoms with van der Waals surface area (Å²) in [6, 6.07) is 4.84. The maximum Gasteiger partial charge on any atom is 0.406 e. The highest BCUT2D eigenvalue weighted by Crippen LogP contribution is 2.24. The lowest BCUT2D eigenvalue weighted by Crippen LogP contribution is -2.36. The molecule has 4 heterocycles. The van der Waals surface area contributed by atoms with Gasteiger partial charge in [0, 0.05) is 23.9 Å². The van der Waals surface area contributed by atoms with Crippen molar-refractivity contribution in [3.63, 3.8) is 0 Å². The van der Waals surface area contributed by atoms with Gasteiger partial charge in [0.25, 0.3) is 0 Å². The number of aromatic nitrogens is 4. The molecule has 1 unspecified atom stereocenters. The Morgan fingerprint density at radius 1 is 1.27 bits per heavy atom. The van der Waals surface area contributed by atoms with Gasteiger partial charge in [-0.25, -0.2) is 0 Å². The van der Waals surface area contributed by atoms with E-state index < -0.39 is 24.7 Å². The van der Waals surface area contributed by atoms with Crippen LogP contribution in [0.5, 0.6) is 0 Å². The number of fused-ring (bicyclic) bond motifs is 1. The van der Waals surface area contributed by atoms with Crippen molar-refractivity contribution in [1.29, 1.82) is 0 Å². The van der Waals surface area contributed by atoms with E-state index in [0.717, 1.165) is 10.5 Å². The van der Waals surface area contributed by atoms with Gasteiger partial charge in [0.05, 0.1) is 6.04 Å². The van der Waals surface area contributed by atoms with E-state index in [9.17, 15) is 18.0 Å². The lowest BCUT2D eigenvalue weighted by atomic mass is 10.2. The summed E-state index contributed by atoms with van der Waals surface area (Å²) in [5.41, 5.74) is 1.43. The Kier molecular flexibility index (Phi) is 4.02. The summed E-state index contributed by atoms with van der Waals surface area (Å²) in [4.78, 5) is 12.6. The molecular weight excluding hydrogens is 369 g/mol. The van der Waals surface area contributed by atoms with E-state index in [-0.39, 0.29) is 13.0 Å². The molecule has 0 radical (unpaired) electrons. The van der Waals surface area contributed by atoms with Crippen LogP contribution in [0, 0.1) is 0 Å². The smallest absolute Gasteiger partial charge is 0.364 e. The molecule has 1 atom stereocenters.